The van der Waals surface area contributed by atoms with Gasteiger partial charge in [-0.2, -0.15) is 0 Å². The molecule has 3 aromatic rings. The van der Waals surface area contributed by atoms with Gasteiger partial charge < -0.3 is 13.9 Å². The third-order valence-corrected chi connectivity index (χ3v) is 4.71. The number of nitrogens with one attached hydrogen (secondary N) is 1. The SMILES string of the molecule is Cn1cc(C(=O)N2CCC[C@H](c3nc4ccccc4o3)C2)c(=O)[nH]c1=O. The standard InChI is InChI=1S/C18H18N4O4/c1-21-10-12(15(23)20-18(21)25)17(24)22-8-4-5-11(9-22)16-19-13-6-2-3-7-14(13)26-16/h2-3,6-7,10-11H,4-5,8-9H2,1H3,(H,20,23,25)/t11-/m0/s1. The predicted molar refractivity (Wildman–Crippen MR) is 94.2 cm³/mol. The number of hydrogen-bond donors (Lipinski definition) is 1. The molecule has 8 nitrogen and oxygen atoms in total. The quantitative estimate of drug-likeness (QED) is 0.746. The fourth-order valence-electron chi connectivity index (χ4n) is 3.31. The summed E-state index contributed by atoms with van der Waals surface area (Å²) in [6, 6.07) is 7.54. The van der Waals surface area contributed by atoms with Gasteiger partial charge in [0.15, 0.2) is 11.5 Å². The number of likely N-dealkylation sites (tertiary alicyclic amines) is 1. The van der Waals surface area contributed by atoms with Crippen molar-refractivity contribution < 1.29 is 9.21 Å². The summed E-state index contributed by atoms with van der Waals surface area (Å²) in [5.41, 5.74) is 0.267. The maximum absolute atomic E-state index is 12.8. The highest BCUT2D eigenvalue weighted by atomic mass is 16.3. The van der Waals surface area contributed by atoms with Crippen molar-refractivity contribution in [3.8, 4) is 0 Å². The summed E-state index contributed by atoms with van der Waals surface area (Å²) < 4.78 is 7.03. The lowest BCUT2D eigenvalue weighted by Gasteiger charge is -2.31. The third kappa shape index (κ3) is 2.83. The summed E-state index contributed by atoms with van der Waals surface area (Å²) in [6.07, 6.45) is 2.94. The first-order valence-corrected chi connectivity index (χ1v) is 8.47. The highest BCUT2D eigenvalue weighted by molar-refractivity contribution is 5.93. The van der Waals surface area contributed by atoms with Crippen LogP contribution in [0, 0.1) is 0 Å². The van der Waals surface area contributed by atoms with E-state index in [9.17, 15) is 14.4 Å². The Morgan fingerprint density at radius 3 is 2.92 bits per heavy atom. The predicted octanol–water partition coefficient (Wildman–Crippen LogP) is 1.23. The average Bonchev–Trinajstić information content (AvgIpc) is 3.08. The minimum atomic E-state index is -0.665. The molecule has 134 valence electrons. The minimum Gasteiger partial charge on any atom is -0.440 e. The van der Waals surface area contributed by atoms with Gasteiger partial charge in [-0.1, -0.05) is 12.1 Å². The van der Waals surface area contributed by atoms with Crippen molar-refractivity contribution in [2.45, 2.75) is 18.8 Å². The van der Waals surface area contributed by atoms with Crippen molar-refractivity contribution >= 4 is 17.0 Å². The second-order valence-electron chi connectivity index (χ2n) is 6.52. The summed E-state index contributed by atoms with van der Waals surface area (Å²) in [7, 11) is 1.49. The van der Waals surface area contributed by atoms with Crippen LogP contribution in [0.1, 0.15) is 35.0 Å². The lowest BCUT2D eigenvalue weighted by atomic mass is 9.97. The number of aryl methyl sites for hydroxylation is 1. The molecule has 1 N–H and O–H groups in total. The summed E-state index contributed by atoms with van der Waals surface area (Å²) in [4.78, 5) is 44.6. The second kappa shape index (κ2) is 6.29. The van der Waals surface area contributed by atoms with Crippen LogP contribution in [0.15, 0.2) is 44.5 Å². The number of carbonyl (C=O) groups excluding carboxylic acids is 1. The van der Waals surface area contributed by atoms with Crippen LogP contribution >= 0.6 is 0 Å². The Balaban J connectivity index is 1.60. The van der Waals surface area contributed by atoms with E-state index in [-0.39, 0.29) is 17.4 Å². The van der Waals surface area contributed by atoms with Crippen LogP contribution < -0.4 is 11.2 Å². The largest absolute Gasteiger partial charge is 0.440 e. The highest BCUT2D eigenvalue weighted by Gasteiger charge is 2.29. The van der Waals surface area contributed by atoms with E-state index in [1.54, 1.807) is 4.90 Å². The zero-order valence-electron chi connectivity index (χ0n) is 14.3. The fraction of sp³-hybridized carbons (Fsp3) is 0.333. The van der Waals surface area contributed by atoms with E-state index in [1.807, 2.05) is 24.3 Å². The van der Waals surface area contributed by atoms with Gasteiger partial charge in [-0.15, -0.1) is 0 Å². The van der Waals surface area contributed by atoms with Crippen LogP contribution in [0.5, 0.6) is 0 Å². The van der Waals surface area contributed by atoms with Crippen molar-refractivity contribution in [2.24, 2.45) is 7.05 Å². The molecule has 1 aromatic carbocycles. The molecule has 0 unspecified atom stereocenters. The fourth-order valence-corrected chi connectivity index (χ4v) is 3.31. The van der Waals surface area contributed by atoms with Crippen LogP contribution in [0.4, 0.5) is 0 Å². The van der Waals surface area contributed by atoms with E-state index in [0.29, 0.717) is 19.0 Å². The highest BCUT2D eigenvalue weighted by Crippen LogP contribution is 2.29. The molecule has 0 saturated carbocycles. The summed E-state index contributed by atoms with van der Waals surface area (Å²) in [5, 5.41) is 0. The van der Waals surface area contributed by atoms with E-state index >= 15 is 0 Å². The number of oxazole rings is 1. The number of hydrogen-bond acceptors (Lipinski definition) is 5. The van der Waals surface area contributed by atoms with Crippen LogP contribution in [0.25, 0.3) is 11.1 Å². The maximum atomic E-state index is 12.8. The van der Waals surface area contributed by atoms with Crippen LogP contribution in [-0.4, -0.2) is 38.4 Å². The van der Waals surface area contributed by atoms with Gasteiger partial charge in [0.2, 0.25) is 0 Å². The number of nitrogens with zero attached hydrogens (tertiary/aromatic N) is 3. The number of H-pyrrole nitrogens is 1. The third-order valence-electron chi connectivity index (χ3n) is 4.71. The zero-order chi connectivity index (χ0) is 18.3. The zero-order valence-corrected chi connectivity index (χ0v) is 14.3. The van der Waals surface area contributed by atoms with Gasteiger partial charge in [0, 0.05) is 26.3 Å². The molecule has 1 saturated heterocycles. The number of amides is 1. The van der Waals surface area contributed by atoms with Gasteiger partial charge in [0.25, 0.3) is 11.5 Å². The first kappa shape index (κ1) is 16.3. The molecule has 1 fully saturated rings. The number of piperidine rings is 1. The molecule has 8 heteroatoms. The molecule has 0 radical (unpaired) electrons. The number of rotatable bonds is 2. The van der Waals surface area contributed by atoms with E-state index in [0.717, 1.165) is 23.9 Å². The topological polar surface area (TPSA) is 101 Å². The molecule has 2 aromatic heterocycles. The smallest absolute Gasteiger partial charge is 0.328 e. The molecule has 1 aliphatic heterocycles. The lowest BCUT2D eigenvalue weighted by Crippen LogP contribution is -2.43. The summed E-state index contributed by atoms with van der Waals surface area (Å²) in [6.45, 7) is 0.978. The summed E-state index contributed by atoms with van der Waals surface area (Å²) in [5.74, 6) is 0.201. The molecule has 1 aliphatic rings. The molecular formula is C18H18N4O4. The van der Waals surface area contributed by atoms with Crippen LogP contribution in [0.3, 0.4) is 0 Å². The number of aromatic nitrogens is 3. The van der Waals surface area contributed by atoms with E-state index in [4.69, 9.17) is 4.42 Å². The van der Waals surface area contributed by atoms with Crippen LogP contribution in [0.2, 0.25) is 0 Å². The molecular weight excluding hydrogens is 336 g/mol. The Bertz CT molecular complexity index is 1060. The normalized spacial score (nSPS) is 17.6. The maximum Gasteiger partial charge on any atom is 0.328 e. The molecule has 1 amide bonds. The number of aromatic amines is 1. The molecule has 26 heavy (non-hydrogen) atoms. The van der Waals surface area contributed by atoms with Gasteiger partial charge in [-0.25, -0.2) is 9.78 Å². The Morgan fingerprint density at radius 2 is 2.12 bits per heavy atom. The minimum absolute atomic E-state index is 0.0216. The Morgan fingerprint density at radius 1 is 1.31 bits per heavy atom. The number of benzene rings is 1. The van der Waals surface area contributed by atoms with Gasteiger partial charge in [-0.3, -0.25) is 14.6 Å². The van der Waals surface area contributed by atoms with Crippen molar-refractivity contribution in [2.75, 3.05) is 13.1 Å². The number of fused-ring (bicyclic) bond motifs is 1. The lowest BCUT2D eigenvalue weighted by molar-refractivity contribution is 0.0696. The second-order valence-corrected chi connectivity index (χ2v) is 6.52. The van der Waals surface area contributed by atoms with Crippen molar-refractivity contribution in [1.82, 2.24) is 19.4 Å². The van der Waals surface area contributed by atoms with Gasteiger partial charge in [0.1, 0.15) is 11.1 Å². The molecule has 4 rings (SSSR count). The van der Waals surface area contributed by atoms with Crippen LogP contribution in [-0.2, 0) is 7.05 Å². The first-order valence-electron chi connectivity index (χ1n) is 8.47. The van der Waals surface area contributed by atoms with Crippen molar-refractivity contribution in [1.29, 1.82) is 0 Å². The van der Waals surface area contributed by atoms with E-state index in [2.05, 4.69) is 9.97 Å². The Kier molecular flexibility index (Phi) is 3.95. The van der Waals surface area contributed by atoms with E-state index in [1.165, 1.54) is 17.8 Å². The van der Waals surface area contributed by atoms with Gasteiger partial charge in [0.05, 0.1) is 5.92 Å². The average molecular weight is 354 g/mol. The van der Waals surface area contributed by atoms with Crippen molar-refractivity contribution in [3.63, 3.8) is 0 Å². The number of para-hydroxylation sites is 2. The Hall–Kier alpha value is -3.16. The molecule has 0 spiro atoms. The summed E-state index contributed by atoms with van der Waals surface area (Å²) >= 11 is 0. The molecule has 0 aliphatic carbocycles. The monoisotopic (exact) mass is 354 g/mol. The van der Waals surface area contributed by atoms with E-state index < -0.39 is 11.2 Å². The molecule has 1 atom stereocenters. The van der Waals surface area contributed by atoms with Gasteiger partial charge >= 0.3 is 5.69 Å². The first-order chi connectivity index (χ1) is 12.5. The number of carbonyl (C=O) groups is 1. The van der Waals surface area contributed by atoms with Crippen molar-refractivity contribution in [3.05, 3.63) is 62.8 Å². The molecule has 3 heterocycles. The van der Waals surface area contributed by atoms with Gasteiger partial charge in [-0.05, 0) is 25.0 Å². The Labute approximate surface area is 148 Å². The molecule has 0 bridgehead atoms.